The molecule has 2 atom stereocenters. The highest BCUT2D eigenvalue weighted by Crippen LogP contribution is 2.27. The second kappa shape index (κ2) is 6.65. The summed E-state index contributed by atoms with van der Waals surface area (Å²) in [5.74, 6) is 0.0515. The maximum Gasteiger partial charge on any atom is 0.263 e. The van der Waals surface area contributed by atoms with Crippen LogP contribution in [0.25, 0.3) is 0 Å². The van der Waals surface area contributed by atoms with Crippen LogP contribution in [0.5, 0.6) is 0 Å². The topological polar surface area (TPSA) is 54.0 Å². The van der Waals surface area contributed by atoms with Gasteiger partial charge in [0.05, 0.1) is 10.7 Å². The molecule has 0 saturated carbocycles. The molecule has 0 spiro atoms. The molecule has 2 N–H and O–H groups in total. The average molecular weight is 341 g/mol. The van der Waals surface area contributed by atoms with Gasteiger partial charge in [0.1, 0.15) is 4.88 Å². The van der Waals surface area contributed by atoms with Crippen LogP contribution >= 0.6 is 11.3 Å². The third-order valence-corrected chi connectivity index (χ3v) is 6.21. The van der Waals surface area contributed by atoms with Gasteiger partial charge in [-0.2, -0.15) is 0 Å². The Labute approximate surface area is 146 Å². The van der Waals surface area contributed by atoms with Crippen LogP contribution in [0.1, 0.15) is 51.6 Å². The summed E-state index contributed by atoms with van der Waals surface area (Å²) in [6, 6.07) is 11.8. The maximum atomic E-state index is 12.7. The molecule has 2 saturated heterocycles. The number of aryl methyl sites for hydroxylation is 1. The number of hydrogen-bond acceptors (Lipinski definition) is 4. The first-order valence-corrected chi connectivity index (χ1v) is 9.56. The van der Waals surface area contributed by atoms with Crippen LogP contribution in [0.15, 0.2) is 30.3 Å². The van der Waals surface area contributed by atoms with Crippen molar-refractivity contribution in [2.45, 2.75) is 57.2 Å². The van der Waals surface area contributed by atoms with E-state index in [1.54, 1.807) is 0 Å². The Balaban J connectivity index is 1.43. The smallest absolute Gasteiger partial charge is 0.263 e. The van der Waals surface area contributed by atoms with Crippen molar-refractivity contribution >= 4 is 17.2 Å². The van der Waals surface area contributed by atoms with Crippen LogP contribution in [0, 0.1) is 6.92 Å². The van der Waals surface area contributed by atoms with Crippen molar-refractivity contribution in [1.29, 1.82) is 0 Å². The van der Waals surface area contributed by atoms with Gasteiger partial charge in [-0.25, -0.2) is 4.98 Å². The van der Waals surface area contributed by atoms with Crippen LogP contribution in [-0.2, 0) is 6.42 Å². The minimum atomic E-state index is 0.0515. The third-order valence-electron chi connectivity index (χ3n) is 5.05. The fourth-order valence-corrected chi connectivity index (χ4v) is 4.94. The summed E-state index contributed by atoms with van der Waals surface area (Å²) >= 11 is 1.53. The van der Waals surface area contributed by atoms with Gasteiger partial charge in [0, 0.05) is 24.5 Å². The van der Waals surface area contributed by atoms with E-state index in [0.717, 1.165) is 34.8 Å². The zero-order valence-electron chi connectivity index (χ0n) is 13.9. The summed E-state index contributed by atoms with van der Waals surface area (Å²) < 4.78 is 0. The highest BCUT2D eigenvalue weighted by atomic mass is 32.1. The highest BCUT2D eigenvalue weighted by molar-refractivity contribution is 7.13. The Kier molecular flexibility index (Phi) is 4.37. The van der Waals surface area contributed by atoms with Gasteiger partial charge in [-0.15, -0.1) is 11.3 Å². The minimum absolute atomic E-state index is 0.0515. The van der Waals surface area contributed by atoms with Crippen molar-refractivity contribution in [3.63, 3.8) is 0 Å². The lowest BCUT2D eigenvalue weighted by Gasteiger charge is -2.29. The van der Waals surface area contributed by atoms with Gasteiger partial charge in [0.15, 0.2) is 0 Å². The number of nitrogens with zero attached hydrogens (tertiary/aromatic N) is 1. The Hall–Kier alpha value is -1.72. The normalized spacial score (nSPS) is 25.6. The number of rotatable bonds is 4. The molecule has 3 heterocycles. The lowest BCUT2D eigenvalue weighted by Crippen LogP contribution is -2.48. The molecule has 2 unspecified atom stereocenters. The number of hydrogen-bond donors (Lipinski definition) is 2. The molecule has 24 heavy (non-hydrogen) atoms. The van der Waals surface area contributed by atoms with E-state index in [2.05, 4.69) is 27.8 Å². The highest BCUT2D eigenvalue weighted by Gasteiger charge is 2.34. The fraction of sp³-hybridized carbons (Fsp3) is 0.474. The van der Waals surface area contributed by atoms with Crippen molar-refractivity contribution in [3.8, 4) is 0 Å². The van der Waals surface area contributed by atoms with E-state index in [1.807, 2.05) is 25.1 Å². The number of thiazole rings is 1. The van der Waals surface area contributed by atoms with E-state index in [0.29, 0.717) is 18.1 Å². The number of fused-ring (bicyclic) bond motifs is 2. The van der Waals surface area contributed by atoms with Crippen LogP contribution < -0.4 is 10.6 Å². The lowest BCUT2D eigenvalue weighted by molar-refractivity contribution is 0.0927. The first-order valence-electron chi connectivity index (χ1n) is 8.74. The zero-order chi connectivity index (χ0) is 16.5. The Morgan fingerprint density at radius 2 is 1.96 bits per heavy atom. The quantitative estimate of drug-likeness (QED) is 0.899. The molecule has 0 radical (unpaired) electrons. The number of piperidine rings is 1. The standard InChI is InChI=1S/C19H23N3OS/c1-12-18(24-17(20-12)9-13-5-3-2-4-6-13)19(23)22-16-10-14-7-8-15(11-16)21-14/h2-6,14-16,21H,7-11H2,1H3,(H,22,23). The van der Waals surface area contributed by atoms with Crippen LogP contribution in [0.3, 0.4) is 0 Å². The van der Waals surface area contributed by atoms with E-state index in [4.69, 9.17) is 0 Å². The van der Waals surface area contributed by atoms with Crippen LogP contribution in [-0.4, -0.2) is 29.0 Å². The monoisotopic (exact) mass is 341 g/mol. The van der Waals surface area contributed by atoms with E-state index in [1.165, 1.54) is 29.7 Å². The third kappa shape index (κ3) is 3.37. The number of nitrogens with one attached hydrogen (secondary N) is 2. The second-order valence-electron chi connectivity index (χ2n) is 6.96. The van der Waals surface area contributed by atoms with Crippen molar-refractivity contribution in [2.24, 2.45) is 0 Å². The number of aromatic nitrogens is 1. The molecule has 2 aliphatic rings. The molecule has 126 valence electrons. The Morgan fingerprint density at radius 3 is 2.67 bits per heavy atom. The van der Waals surface area contributed by atoms with Crippen molar-refractivity contribution in [2.75, 3.05) is 0 Å². The molecule has 1 aromatic carbocycles. The number of amides is 1. The van der Waals surface area contributed by atoms with E-state index < -0.39 is 0 Å². The van der Waals surface area contributed by atoms with Crippen LogP contribution in [0.4, 0.5) is 0 Å². The molecule has 4 rings (SSSR count). The SMILES string of the molecule is Cc1nc(Cc2ccccc2)sc1C(=O)NC1CC2CCC(C1)N2. The van der Waals surface area contributed by atoms with Gasteiger partial charge >= 0.3 is 0 Å². The van der Waals surface area contributed by atoms with Gasteiger partial charge in [-0.05, 0) is 38.2 Å². The van der Waals surface area contributed by atoms with Crippen molar-refractivity contribution in [3.05, 3.63) is 51.5 Å². The number of carbonyl (C=O) groups is 1. The molecule has 1 amide bonds. The summed E-state index contributed by atoms with van der Waals surface area (Å²) in [5.41, 5.74) is 2.08. The van der Waals surface area contributed by atoms with Gasteiger partial charge in [0.2, 0.25) is 0 Å². The summed E-state index contributed by atoms with van der Waals surface area (Å²) in [6.45, 7) is 1.94. The molecular weight excluding hydrogens is 318 g/mol. The molecular formula is C19H23N3OS. The van der Waals surface area contributed by atoms with E-state index in [-0.39, 0.29) is 5.91 Å². The molecule has 4 nitrogen and oxygen atoms in total. The second-order valence-corrected chi connectivity index (χ2v) is 8.05. The largest absolute Gasteiger partial charge is 0.348 e. The number of carbonyl (C=O) groups excluding carboxylic acids is 1. The summed E-state index contributed by atoms with van der Waals surface area (Å²) in [7, 11) is 0. The molecule has 0 aliphatic carbocycles. The summed E-state index contributed by atoms with van der Waals surface area (Å²) in [4.78, 5) is 18.1. The molecule has 2 aromatic rings. The molecule has 2 bridgehead atoms. The predicted octanol–water partition coefficient (Wildman–Crippen LogP) is 3.06. The summed E-state index contributed by atoms with van der Waals surface area (Å²) in [6.07, 6.45) is 5.39. The molecule has 1 aromatic heterocycles. The molecule has 2 aliphatic heterocycles. The molecule has 5 heteroatoms. The van der Waals surface area contributed by atoms with Gasteiger partial charge in [-0.1, -0.05) is 30.3 Å². The Bertz CT molecular complexity index is 715. The summed E-state index contributed by atoms with van der Waals surface area (Å²) in [5, 5.41) is 7.87. The molecule has 2 fully saturated rings. The lowest BCUT2D eigenvalue weighted by atomic mass is 10.00. The van der Waals surface area contributed by atoms with Crippen molar-refractivity contribution < 1.29 is 4.79 Å². The number of benzene rings is 1. The van der Waals surface area contributed by atoms with Gasteiger partial charge in [-0.3, -0.25) is 4.79 Å². The van der Waals surface area contributed by atoms with E-state index >= 15 is 0 Å². The minimum Gasteiger partial charge on any atom is -0.348 e. The first kappa shape index (κ1) is 15.8. The van der Waals surface area contributed by atoms with Crippen LogP contribution in [0.2, 0.25) is 0 Å². The fourth-order valence-electron chi connectivity index (χ4n) is 3.94. The van der Waals surface area contributed by atoms with Gasteiger partial charge < -0.3 is 10.6 Å². The average Bonchev–Trinajstić information content (AvgIpc) is 3.10. The Morgan fingerprint density at radius 1 is 1.25 bits per heavy atom. The van der Waals surface area contributed by atoms with E-state index in [9.17, 15) is 4.79 Å². The zero-order valence-corrected chi connectivity index (χ0v) is 14.7. The maximum absolute atomic E-state index is 12.7. The predicted molar refractivity (Wildman–Crippen MR) is 96.5 cm³/mol. The first-order chi connectivity index (χ1) is 11.7. The van der Waals surface area contributed by atoms with Gasteiger partial charge in [0.25, 0.3) is 5.91 Å². The van der Waals surface area contributed by atoms with Crippen molar-refractivity contribution in [1.82, 2.24) is 15.6 Å².